The maximum absolute atomic E-state index is 3.58. The standard InChI is InChI=1S/C15H30N2/c1-11(2)16-9-12(3)13(4)17(15-7-8-15)10-14-5-6-14/h11-16H,5-10H2,1-4H3. The van der Waals surface area contributed by atoms with Gasteiger partial charge in [0.2, 0.25) is 0 Å². The first-order valence-corrected chi connectivity index (χ1v) is 7.57. The largest absolute Gasteiger partial charge is 0.314 e. The third kappa shape index (κ3) is 4.26. The molecule has 17 heavy (non-hydrogen) atoms. The Hall–Kier alpha value is -0.0800. The molecule has 1 N–H and O–H groups in total. The van der Waals surface area contributed by atoms with E-state index in [-0.39, 0.29) is 0 Å². The molecular weight excluding hydrogens is 208 g/mol. The molecule has 2 unspecified atom stereocenters. The molecule has 0 aromatic heterocycles. The lowest BCUT2D eigenvalue weighted by Gasteiger charge is -2.34. The van der Waals surface area contributed by atoms with Crippen molar-refractivity contribution in [2.24, 2.45) is 11.8 Å². The van der Waals surface area contributed by atoms with E-state index >= 15 is 0 Å². The average molecular weight is 238 g/mol. The van der Waals surface area contributed by atoms with Crippen LogP contribution in [0.15, 0.2) is 0 Å². The van der Waals surface area contributed by atoms with Gasteiger partial charge in [-0.05, 0) is 51.0 Å². The third-order valence-electron chi connectivity index (χ3n) is 4.38. The summed E-state index contributed by atoms with van der Waals surface area (Å²) in [5, 5.41) is 3.58. The van der Waals surface area contributed by atoms with Crippen LogP contribution in [0.5, 0.6) is 0 Å². The fourth-order valence-corrected chi connectivity index (χ4v) is 2.57. The van der Waals surface area contributed by atoms with E-state index in [1.54, 1.807) is 0 Å². The fourth-order valence-electron chi connectivity index (χ4n) is 2.57. The van der Waals surface area contributed by atoms with Crippen molar-refractivity contribution in [2.45, 2.75) is 71.5 Å². The minimum absolute atomic E-state index is 0.613. The van der Waals surface area contributed by atoms with Gasteiger partial charge in [-0.15, -0.1) is 0 Å². The highest BCUT2D eigenvalue weighted by Crippen LogP contribution is 2.36. The van der Waals surface area contributed by atoms with Crippen LogP contribution in [0.4, 0.5) is 0 Å². The molecule has 2 nitrogen and oxygen atoms in total. The topological polar surface area (TPSA) is 15.3 Å². The average Bonchev–Trinajstić information content (AvgIpc) is 3.13. The van der Waals surface area contributed by atoms with E-state index in [1.165, 1.54) is 32.2 Å². The number of rotatable bonds is 8. The van der Waals surface area contributed by atoms with Crippen LogP contribution in [0.1, 0.15) is 53.4 Å². The highest BCUT2D eigenvalue weighted by Gasteiger charge is 2.37. The molecule has 0 radical (unpaired) electrons. The van der Waals surface area contributed by atoms with E-state index in [0.717, 1.165) is 30.5 Å². The van der Waals surface area contributed by atoms with Gasteiger partial charge in [0.05, 0.1) is 0 Å². The Labute approximate surface area is 107 Å². The van der Waals surface area contributed by atoms with E-state index in [2.05, 4.69) is 37.9 Å². The summed E-state index contributed by atoms with van der Waals surface area (Å²) in [6.45, 7) is 11.8. The van der Waals surface area contributed by atoms with Crippen LogP contribution in [0.3, 0.4) is 0 Å². The van der Waals surface area contributed by atoms with E-state index < -0.39 is 0 Å². The summed E-state index contributed by atoms with van der Waals surface area (Å²) in [5.74, 6) is 1.79. The maximum Gasteiger partial charge on any atom is 0.0108 e. The van der Waals surface area contributed by atoms with Gasteiger partial charge in [-0.2, -0.15) is 0 Å². The first-order valence-electron chi connectivity index (χ1n) is 7.57. The normalized spacial score (nSPS) is 24.4. The zero-order chi connectivity index (χ0) is 12.4. The number of nitrogens with zero attached hydrogens (tertiary/aromatic N) is 1. The van der Waals surface area contributed by atoms with Crippen molar-refractivity contribution in [3.63, 3.8) is 0 Å². The van der Waals surface area contributed by atoms with Gasteiger partial charge < -0.3 is 5.32 Å². The second-order valence-corrected chi connectivity index (χ2v) is 6.65. The molecule has 2 heteroatoms. The van der Waals surface area contributed by atoms with Gasteiger partial charge in [0, 0.05) is 24.7 Å². The summed E-state index contributed by atoms with van der Waals surface area (Å²) in [6.07, 6.45) is 5.85. The molecule has 0 aliphatic heterocycles. The molecule has 0 heterocycles. The van der Waals surface area contributed by atoms with Crippen LogP contribution in [0.2, 0.25) is 0 Å². The van der Waals surface area contributed by atoms with Crippen molar-refractivity contribution in [1.29, 1.82) is 0 Å². The van der Waals surface area contributed by atoms with Gasteiger partial charge in [0.1, 0.15) is 0 Å². The molecular formula is C15H30N2. The van der Waals surface area contributed by atoms with E-state index in [0.29, 0.717) is 6.04 Å². The summed E-state index contributed by atoms with van der Waals surface area (Å²) in [5.41, 5.74) is 0. The monoisotopic (exact) mass is 238 g/mol. The molecule has 2 aliphatic carbocycles. The van der Waals surface area contributed by atoms with Crippen LogP contribution < -0.4 is 5.32 Å². The van der Waals surface area contributed by atoms with Crippen LogP contribution >= 0.6 is 0 Å². The lowest BCUT2D eigenvalue weighted by Crippen LogP contribution is -2.44. The molecule has 0 saturated heterocycles. The van der Waals surface area contributed by atoms with Crippen LogP contribution in [0, 0.1) is 11.8 Å². The van der Waals surface area contributed by atoms with Gasteiger partial charge >= 0.3 is 0 Å². The number of hydrogen-bond acceptors (Lipinski definition) is 2. The number of nitrogens with one attached hydrogen (secondary N) is 1. The lowest BCUT2D eigenvalue weighted by molar-refractivity contribution is 0.143. The van der Waals surface area contributed by atoms with Crippen LogP contribution in [-0.2, 0) is 0 Å². The smallest absolute Gasteiger partial charge is 0.0108 e. The predicted octanol–water partition coefficient (Wildman–Crippen LogP) is 2.88. The zero-order valence-corrected chi connectivity index (χ0v) is 12.1. The van der Waals surface area contributed by atoms with Crippen LogP contribution in [-0.4, -0.2) is 36.1 Å². The van der Waals surface area contributed by atoms with Crippen molar-refractivity contribution in [1.82, 2.24) is 10.2 Å². The zero-order valence-electron chi connectivity index (χ0n) is 12.1. The summed E-state index contributed by atoms with van der Waals surface area (Å²) in [4.78, 5) is 2.81. The van der Waals surface area contributed by atoms with Gasteiger partial charge in [0.25, 0.3) is 0 Å². The molecule has 0 spiro atoms. The summed E-state index contributed by atoms with van der Waals surface area (Å²) in [7, 11) is 0. The van der Waals surface area contributed by atoms with Crippen molar-refractivity contribution >= 4 is 0 Å². The Morgan fingerprint density at radius 3 is 2.18 bits per heavy atom. The van der Waals surface area contributed by atoms with Crippen LogP contribution in [0.25, 0.3) is 0 Å². The molecule has 2 atom stereocenters. The predicted molar refractivity (Wildman–Crippen MR) is 74.2 cm³/mol. The lowest BCUT2D eigenvalue weighted by atomic mass is 10.0. The van der Waals surface area contributed by atoms with Crippen molar-refractivity contribution in [3.8, 4) is 0 Å². The molecule has 0 aromatic carbocycles. The Kier molecular flexibility index (Phi) is 4.48. The van der Waals surface area contributed by atoms with E-state index in [9.17, 15) is 0 Å². The Bertz CT molecular complexity index is 231. The maximum atomic E-state index is 3.58. The highest BCUT2D eigenvalue weighted by molar-refractivity contribution is 4.92. The van der Waals surface area contributed by atoms with E-state index in [4.69, 9.17) is 0 Å². The Balaban J connectivity index is 1.79. The minimum Gasteiger partial charge on any atom is -0.314 e. The third-order valence-corrected chi connectivity index (χ3v) is 4.38. The van der Waals surface area contributed by atoms with Gasteiger partial charge in [-0.25, -0.2) is 0 Å². The fraction of sp³-hybridized carbons (Fsp3) is 1.00. The Morgan fingerprint density at radius 2 is 1.71 bits per heavy atom. The SMILES string of the molecule is CC(C)NCC(C)C(C)N(CC1CC1)C1CC1. The second kappa shape index (κ2) is 5.71. The molecule has 2 rings (SSSR count). The molecule has 2 saturated carbocycles. The van der Waals surface area contributed by atoms with E-state index in [1.807, 2.05) is 0 Å². The highest BCUT2D eigenvalue weighted by atomic mass is 15.2. The van der Waals surface area contributed by atoms with Crippen molar-refractivity contribution in [2.75, 3.05) is 13.1 Å². The number of hydrogen-bond donors (Lipinski definition) is 1. The molecule has 2 fully saturated rings. The molecule has 2 aliphatic rings. The van der Waals surface area contributed by atoms with Gasteiger partial charge in [-0.1, -0.05) is 20.8 Å². The summed E-state index contributed by atoms with van der Waals surface area (Å²) >= 11 is 0. The van der Waals surface area contributed by atoms with Crippen molar-refractivity contribution < 1.29 is 0 Å². The molecule has 0 aromatic rings. The first-order chi connectivity index (χ1) is 8.08. The summed E-state index contributed by atoms with van der Waals surface area (Å²) < 4.78 is 0. The second-order valence-electron chi connectivity index (χ2n) is 6.65. The molecule has 0 bridgehead atoms. The first kappa shape index (κ1) is 13.4. The Morgan fingerprint density at radius 1 is 1.06 bits per heavy atom. The van der Waals surface area contributed by atoms with Crippen molar-refractivity contribution in [3.05, 3.63) is 0 Å². The van der Waals surface area contributed by atoms with Gasteiger partial charge in [0.15, 0.2) is 0 Å². The minimum atomic E-state index is 0.613. The molecule has 100 valence electrons. The quantitative estimate of drug-likeness (QED) is 0.699. The van der Waals surface area contributed by atoms with Gasteiger partial charge in [-0.3, -0.25) is 4.90 Å². The molecule has 0 amide bonds. The summed E-state index contributed by atoms with van der Waals surface area (Å²) in [6, 6.07) is 2.28.